The van der Waals surface area contributed by atoms with E-state index < -0.39 is 23.4 Å². The van der Waals surface area contributed by atoms with E-state index >= 15 is 0 Å². The van der Waals surface area contributed by atoms with Crippen LogP contribution in [-0.4, -0.2) is 11.1 Å². The van der Waals surface area contributed by atoms with Gasteiger partial charge in [0.1, 0.15) is 18.2 Å². The van der Waals surface area contributed by atoms with E-state index in [4.69, 9.17) is 9.84 Å². The summed E-state index contributed by atoms with van der Waals surface area (Å²) in [7, 11) is 0. The molecule has 0 radical (unpaired) electrons. The molecule has 0 saturated carbocycles. The summed E-state index contributed by atoms with van der Waals surface area (Å²) in [5.41, 5.74) is -0.0788. The number of benzene rings is 2. The first-order valence-corrected chi connectivity index (χ1v) is 5.57. The lowest BCUT2D eigenvalue weighted by atomic mass is 10.1. The number of hydrogen-bond acceptors (Lipinski definition) is 2. The average molecular weight is 282 g/mol. The molecule has 20 heavy (non-hydrogen) atoms. The van der Waals surface area contributed by atoms with Crippen LogP contribution in [-0.2, 0) is 6.61 Å². The predicted molar refractivity (Wildman–Crippen MR) is 64.0 cm³/mol. The molecule has 0 fully saturated rings. The first-order chi connectivity index (χ1) is 9.47. The number of halogens is 3. The Bertz CT molecular complexity index is 656. The zero-order chi connectivity index (χ0) is 14.7. The van der Waals surface area contributed by atoms with Crippen molar-refractivity contribution in [2.45, 2.75) is 6.61 Å². The summed E-state index contributed by atoms with van der Waals surface area (Å²) in [4.78, 5) is 10.8. The highest BCUT2D eigenvalue weighted by Crippen LogP contribution is 2.18. The van der Waals surface area contributed by atoms with Crippen molar-refractivity contribution in [2.24, 2.45) is 0 Å². The minimum Gasteiger partial charge on any atom is -0.489 e. The molecule has 3 nitrogen and oxygen atoms in total. The van der Waals surface area contributed by atoms with Crippen molar-refractivity contribution in [1.82, 2.24) is 0 Å². The fourth-order valence-electron chi connectivity index (χ4n) is 1.55. The summed E-state index contributed by atoms with van der Waals surface area (Å²) in [6.45, 7) is -0.294. The van der Waals surface area contributed by atoms with E-state index in [1.54, 1.807) is 0 Å². The van der Waals surface area contributed by atoms with Gasteiger partial charge in [0.05, 0.1) is 5.56 Å². The molecule has 0 aliphatic carbocycles. The predicted octanol–water partition coefficient (Wildman–Crippen LogP) is 3.38. The summed E-state index contributed by atoms with van der Waals surface area (Å²) in [5.74, 6) is -3.92. The van der Waals surface area contributed by atoms with Crippen LogP contribution in [0.2, 0.25) is 0 Å². The number of rotatable bonds is 4. The maximum absolute atomic E-state index is 13.5. The van der Waals surface area contributed by atoms with Gasteiger partial charge in [-0.2, -0.15) is 0 Å². The summed E-state index contributed by atoms with van der Waals surface area (Å²) in [5, 5.41) is 8.80. The summed E-state index contributed by atoms with van der Waals surface area (Å²) in [6.07, 6.45) is 0. The zero-order valence-corrected chi connectivity index (χ0v) is 10.1. The number of carbonyl (C=O) groups is 1. The highest BCUT2D eigenvalue weighted by Gasteiger charge is 2.10. The Kier molecular flexibility index (Phi) is 3.93. The third-order valence-electron chi connectivity index (χ3n) is 2.58. The number of ether oxygens (including phenoxy) is 1. The molecular formula is C14H9F3O3. The Labute approximate surface area is 112 Å². The first kappa shape index (κ1) is 13.9. The number of hydrogen-bond donors (Lipinski definition) is 1. The minimum absolute atomic E-state index is 0.00892. The Morgan fingerprint density at radius 1 is 1.00 bits per heavy atom. The molecule has 2 rings (SSSR count). The van der Waals surface area contributed by atoms with Gasteiger partial charge in [-0.25, -0.2) is 18.0 Å². The monoisotopic (exact) mass is 282 g/mol. The standard InChI is InChI=1S/C14H9F3O3/c15-11-3-1-8(14(18)19)5-9(11)7-20-10-2-4-12(16)13(17)6-10/h1-6H,7H2,(H,18,19). The molecule has 6 heteroatoms. The van der Waals surface area contributed by atoms with Crippen molar-refractivity contribution in [1.29, 1.82) is 0 Å². The largest absolute Gasteiger partial charge is 0.489 e. The van der Waals surface area contributed by atoms with Gasteiger partial charge in [-0.3, -0.25) is 0 Å². The van der Waals surface area contributed by atoms with Crippen LogP contribution in [0.5, 0.6) is 5.75 Å². The van der Waals surface area contributed by atoms with Crippen LogP contribution in [0.25, 0.3) is 0 Å². The zero-order valence-electron chi connectivity index (χ0n) is 10.1. The van der Waals surface area contributed by atoms with Crippen molar-refractivity contribution in [3.05, 3.63) is 65.0 Å². The molecule has 1 N–H and O–H groups in total. The Balaban J connectivity index is 2.15. The molecule has 0 aromatic heterocycles. The van der Waals surface area contributed by atoms with Crippen LogP contribution in [0.1, 0.15) is 15.9 Å². The maximum Gasteiger partial charge on any atom is 0.335 e. The first-order valence-electron chi connectivity index (χ1n) is 5.57. The molecule has 0 atom stereocenters. The molecule has 0 aliphatic rings. The summed E-state index contributed by atoms with van der Waals surface area (Å²) in [6, 6.07) is 6.16. The van der Waals surface area contributed by atoms with Crippen LogP contribution in [0.15, 0.2) is 36.4 Å². The van der Waals surface area contributed by atoms with E-state index in [0.717, 1.165) is 30.3 Å². The van der Waals surface area contributed by atoms with Gasteiger partial charge in [-0.05, 0) is 30.3 Å². The van der Waals surface area contributed by atoms with Crippen LogP contribution in [0.3, 0.4) is 0 Å². The second kappa shape index (κ2) is 5.64. The molecule has 2 aromatic rings. The smallest absolute Gasteiger partial charge is 0.335 e. The number of aromatic carboxylic acids is 1. The van der Waals surface area contributed by atoms with Crippen molar-refractivity contribution in [3.8, 4) is 5.75 Å². The lowest BCUT2D eigenvalue weighted by molar-refractivity contribution is 0.0696. The van der Waals surface area contributed by atoms with E-state index in [0.29, 0.717) is 0 Å². The SMILES string of the molecule is O=C(O)c1ccc(F)c(COc2ccc(F)c(F)c2)c1. The molecule has 0 bridgehead atoms. The summed E-state index contributed by atoms with van der Waals surface area (Å²) < 4.78 is 44.2. The molecular weight excluding hydrogens is 273 g/mol. The average Bonchev–Trinajstić information content (AvgIpc) is 2.41. The molecule has 0 spiro atoms. The molecule has 0 saturated heterocycles. The molecule has 0 amide bonds. The van der Waals surface area contributed by atoms with Gasteiger partial charge in [0.15, 0.2) is 11.6 Å². The quantitative estimate of drug-likeness (QED) is 0.935. The summed E-state index contributed by atoms with van der Waals surface area (Å²) >= 11 is 0. The van der Waals surface area contributed by atoms with Crippen LogP contribution in [0.4, 0.5) is 13.2 Å². The van der Waals surface area contributed by atoms with E-state index in [-0.39, 0.29) is 23.5 Å². The fraction of sp³-hybridized carbons (Fsp3) is 0.0714. The van der Waals surface area contributed by atoms with Gasteiger partial charge >= 0.3 is 5.97 Å². The van der Waals surface area contributed by atoms with Gasteiger partial charge in [-0.15, -0.1) is 0 Å². The molecule has 0 unspecified atom stereocenters. The normalized spacial score (nSPS) is 10.3. The van der Waals surface area contributed by atoms with Crippen molar-refractivity contribution >= 4 is 5.97 Å². The molecule has 104 valence electrons. The van der Waals surface area contributed by atoms with Gasteiger partial charge in [0.2, 0.25) is 0 Å². The van der Waals surface area contributed by atoms with E-state index in [1.165, 1.54) is 6.07 Å². The second-order valence-corrected chi connectivity index (χ2v) is 3.98. The van der Waals surface area contributed by atoms with E-state index in [2.05, 4.69) is 0 Å². The van der Waals surface area contributed by atoms with Crippen LogP contribution in [0, 0.1) is 17.5 Å². The van der Waals surface area contributed by atoms with Gasteiger partial charge in [0, 0.05) is 11.6 Å². The van der Waals surface area contributed by atoms with Crippen molar-refractivity contribution < 1.29 is 27.8 Å². The minimum atomic E-state index is -1.20. The maximum atomic E-state index is 13.5. The van der Waals surface area contributed by atoms with Crippen molar-refractivity contribution in [3.63, 3.8) is 0 Å². The van der Waals surface area contributed by atoms with Gasteiger partial charge < -0.3 is 9.84 Å². The Hall–Kier alpha value is -2.50. The van der Waals surface area contributed by atoms with Crippen molar-refractivity contribution in [2.75, 3.05) is 0 Å². The second-order valence-electron chi connectivity index (χ2n) is 3.98. The fourth-order valence-corrected chi connectivity index (χ4v) is 1.55. The highest BCUT2D eigenvalue weighted by molar-refractivity contribution is 5.87. The van der Waals surface area contributed by atoms with Gasteiger partial charge in [-0.1, -0.05) is 0 Å². The Morgan fingerprint density at radius 2 is 1.70 bits per heavy atom. The lowest BCUT2D eigenvalue weighted by Gasteiger charge is -2.08. The number of carboxylic acid groups (broad SMARTS) is 1. The van der Waals surface area contributed by atoms with E-state index in [1.807, 2.05) is 0 Å². The van der Waals surface area contributed by atoms with E-state index in [9.17, 15) is 18.0 Å². The number of carboxylic acids is 1. The van der Waals surface area contributed by atoms with Crippen LogP contribution >= 0.6 is 0 Å². The molecule has 0 aliphatic heterocycles. The molecule has 2 aromatic carbocycles. The third kappa shape index (κ3) is 3.09. The Morgan fingerprint density at radius 3 is 2.35 bits per heavy atom. The molecule has 0 heterocycles. The lowest BCUT2D eigenvalue weighted by Crippen LogP contribution is -2.03. The third-order valence-corrected chi connectivity index (χ3v) is 2.58. The topological polar surface area (TPSA) is 46.5 Å². The van der Waals surface area contributed by atoms with Gasteiger partial charge in [0.25, 0.3) is 0 Å². The van der Waals surface area contributed by atoms with Crippen LogP contribution < -0.4 is 4.74 Å². The highest BCUT2D eigenvalue weighted by atomic mass is 19.2.